The van der Waals surface area contributed by atoms with Crippen LogP contribution < -0.4 is 11.1 Å². The SMILES string of the molecule is Cc1c(N)cc(C(=O)NCCCN2CCCC2)cc1F. The van der Waals surface area contributed by atoms with E-state index in [-0.39, 0.29) is 11.5 Å². The molecule has 1 aromatic rings. The van der Waals surface area contributed by atoms with Gasteiger partial charge in [-0.3, -0.25) is 4.79 Å². The van der Waals surface area contributed by atoms with Gasteiger partial charge in [0.1, 0.15) is 5.82 Å². The molecule has 2 rings (SSSR count). The van der Waals surface area contributed by atoms with Crippen molar-refractivity contribution in [2.45, 2.75) is 26.2 Å². The molecule has 0 radical (unpaired) electrons. The van der Waals surface area contributed by atoms with E-state index < -0.39 is 5.82 Å². The Labute approximate surface area is 119 Å². The van der Waals surface area contributed by atoms with Gasteiger partial charge in [-0.05, 0) is 58.0 Å². The molecule has 0 aliphatic carbocycles. The van der Waals surface area contributed by atoms with E-state index >= 15 is 0 Å². The van der Waals surface area contributed by atoms with E-state index in [9.17, 15) is 9.18 Å². The van der Waals surface area contributed by atoms with Gasteiger partial charge in [-0.25, -0.2) is 4.39 Å². The molecule has 1 aliphatic heterocycles. The number of nitrogen functional groups attached to an aromatic ring is 1. The van der Waals surface area contributed by atoms with Crippen LogP contribution in [0, 0.1) is 12.7 Å². The fraction of sp³-hybridized carbons (Fsp3) is 0.533. The van der Waals surface area contributed by atoms with Gasteiger partial charge in [0.15, 0.2) is 0 Å². The first-order valence-electron chi connectivity index (χ1n) is 7.14. The molecule has 1 amide bonds. The van der Waals surface area contributed by atoms with E-state index in [1.165, 1.54) is 25.0 Å². The minimum absolute atomic E-state index is 0.267. The lowest BCUT2D eigenvalue weighted by atomic mass is 10.1. The Hall–Kier alpha value is -1.62. The maximum Gasteiger partial charge on any atom is 0.251 e. The Morgan fingerprint density at radius 1 is 1.40 bits per heavy atom. The summed E-state index contributed by atoms with van der Waals surface area (Å²) < 4.78 is 13.5. The average Bonchev–Trinajstić information content (AvgIpc) is 2.93. The normalized spacial score (nSPS) is 15.5. The molecule has 1 heterocycles. The van der Waals surface area contributed by atoms with E-state index in [4.69, 9.17) is 5.73 Å². The van der Waals surface area contributed by atoms with Crippen molar-refractivity contribution in [1.82, 2.24) is 10.2 Å². The lowest BCUT2D eigenvalue weighted by Gasteiger charge is -2.14. The van der Waals surface area contributed by atoms with E-state index in [1.807, 2.05) is 0 Å². The number of hydrogen-bond acceptors (Lipinski definition) is 3. The quantitative estimate of drug-likeness (QED) is 0.639. The van der Waals surface area contributed by atoms with E-state index in [0.717, 1.165) is 26.1 Å². The molecule has 0 saturated carbocycles. The smallest absolute Gasteiger partial charge is 0.251 e. The van der Waals surface area contributed by atoms with Crippen LogP contribution in [-0.2, 0) is 0 Å². The van der Waals surface area contributed by atoms with Gasteiger partial charge in [0, 0.05) is 23.4 Å². The van der Waals surface area contributed by atoms with Gasteiger partial charge in [0.25, 0.3) is 5.91 Å². The minimum atomic E-state index is -0.438. The summed E-state index contributed by atoms with van der Waals surface area (Å²) in [5, 5.41) is 2.81. The molecular formula is C15H22FN3O. The van der Waals surface area contributed by atoms with Gasteiger partial charge in [-0.2, -0.15) is 0 Å². The van der Waals surface area contributed by atoms with Gasteiger partial charge in [-0.15, -0.1) is 0 Å². The summed E-state index contributed by atoms with van der Waals surface area (Å²) in [5.74, 6) is -0.704. The molecule has 1 saturated heterocycles. The van der Waals surface area contributed by atoms with Gasteiger partial charge in [-0.1, -0.05) is 0 Å². The van der Waals surface area contributed by atoms with Crippen molar-refractivity contribution in [3.05, 3.63) is 29.1 Å². The van der Waals surface area contributed by atoms with Crippen molar-refractivity contribution in [3.63, 3.8) is 0 Å². The summed E-state index contributed by atoms with van der Waals surface area (Å²) in [6.07, 6.45) is 3.46. The van der Waals surface area contributed by atoms with Crippen molar-refractivity contribution < 1.29 is 9.18 Å². The van der Waals surface area contributed by atoms with E-state index in [1.54, 1.807) is 6.92 Å². The predicted molar refractivity (Wildman–Crippen MR) is 78.2 cm³/mol. The number of hydrogen-bond donors (Lipinski definition) is 2. The second-order valence-corrected chi connectivity index (χ2v) is 5.33. The van der Waals surface area contributed by atoms with Crippen LogP contribution in [0.3, 0.4) is 0 Å². The lowest BCUT2D eigenvalue weighted by Crippen LogP contribution is -2.28. The molecule has 0 atom stereocenters. The first-order chi connectivity index (χ1) is 9.58. The number of benzene rings is 1. The highest BCUT2D eigenvalue weighted by Gasteiger charge is 2.12. The van der Waals surface area contributed by atoms with Crippen LogP contribution in [0.1, 0.15) is 35.2 Å². The van der Waals surface area contributed by atoms with Crippen molar-refractivity contribution in [3.8, 4) is 0 Å². The van der Waals surface area contributed by atoms with Gasteiger partial charge < -0.3 is 16.0 Å². The minimum Gasteiger partial charge on any atom is -0.398 e. The molecule has 1 fully saturated rings. The van der Waals surface area contributed by atoms with Crippen LogP contribution in [0.15, 0.2) is 12.1 Å². The number of amides is 1. The first kappa shape index (κ1) is 14.8. The maximum atomic E-state index is 13.5. The summed E-state index contributed by atoms with van der Waals surface area (Å²) >= 11 is 0. The van der Waals surface area contributed by atoms with Crippen LogP contribution in [0.4, 0.5) is 10.1 Å². The Bertz CT molecular complexity index is 461. The van der Waals surface area contributed by atoms with Crippen molar-refractivity contribution in [2.24, 2.45) is 0 Å². The summed E-state index contributed by atoms with van der Waals surface area (Å²) in [6, 6.07) is 2.76. The molecule has 4 nitrogen and oxygen atoms in total. The molecule has 0 spiro atoms. The molecular weight excluding hydrogens is 257 g/mol. The van der Waals surface area contributed by atoms with Crippen LogP contribution in [0.2, 0.25) is 0 Å². The number of nitrogens with zero attached hydrogens (tertiary/aromatic N) is 1. The molecule has 110 valence electrons. The third kappa shape index (κ3) is 3.70. The third-order valence-corrected chi connectivity index (χ3v) is 3.78. The third-order valence-electron chi connectivity index (χ3n) is 3.78. The molecule has 0 aromatic heterocycles. The molecule has 1 aliphatic rings. The molecule has 3 N–H and O–H groups in total. The summed E-state index contributed by atoms with van der Waals surface area (Å²) in [5.41, 5.74) is 6.65. The standard InChI is InChI=1S/C15H22FN3O/c1-11-13(16)9-12(10-14(11)17)15(20)18-5-4-8-19-6-2-3-7-19/h9-10H,2-8,17H2,1H3,(H,18,20). The molecule has 0 bridgehead atoms. The zero-order chi connectivity index (χ0) is 14.5. The predicted octanol–water partition coefficient (Wildman–Crippen LogP) is 1.93. The van der Waals surface area contributed by atoms with E-state index in [0.29, 0.717) is 17.8 Å². The van der Waals surface area contributed by atoms with Gasteiger partial charge >= 0.3 is 0 Å². The summed E-state index contributed by atoms with van der Waals surface area (Å²) in [6.45, 7) is 5.53. The number of carbonyl (C=O) groups excluding carboxylic acids is 1. The number of nitrogens with one attached hydrogen (secondary N) is 1. The van der Waals surface area contributed by atoms with Crippen molar-refractivity contribution >= 4 is 11.6 Å². The number of likely N-dealkylation sites (tertiary alicyclic amines) is 1. The number of rotatable bonds is 5. The fourth-order valence-electron chi connectivity index (χ4n) is 2.44. The van der Waals surface area contributed by atoms with Crippen LogP contribution >= 0.6 is 0 Å². The largest absolute Gasteiger partial charge is 0.398 e. The summed E-state index contributed by atoms with van der Waals surface area (Å²) in [4.78, 5) is 14.3. The highest BCUT2D eigenvalue weighted by molar-refractivity contribution is 5.95. The highest BCUT2D eigenvalue weighted by atomic mass is 19.1. The van der Waals surface area contributed by atoms with Crippen LogP contribution in [0.5, 0.6) is 0 Å². The molecule has 1 aromatic carbocycles. The van der Waals surface area contributed by atoms with Crippen molar-refractivity contribution in [1.29, 1.82) is 0 Å². The number of nitrogens with two attached hydrogens (primary N) is 1. The molecule has 0 unspecified atom stereocenters. The topological polar surface area (TPSA) is 58.4 Å². The second kappa shape index (κ2) is 6.70. The van der Waals surface area contributed by atoms with Crippen LogP contribution in [-0.4, -0.2) is 37.0 Å². The molecule has 20 heavy (non-hydrogen) atoms. The van der Waals surface area contributed by atoms with Crippen LogP contribution in [0.25, 0.3) is 0 Å². The Balaban J connectivity index is 1.79. The first-order valence-corrected chi connectivity index (χ1v) is 7.14. The van der Waals surface area contributed by atoms with Crippen molar-refractivity contribution in [2.75, 3.05) is 31.9 Å². The van der Waals surface area contributed by atoms with E-state index in [2.05, 4.69) is 10.2 Å². The van der Waals surface area contributed by atoms with Gasteiger partial charge in [0.05, 0.1) is 0 Å². The summed E-state index contributed by atoms with van der Waals surface area (Å²) in [7, 11) is 0. The zero-order valence-electron chi connectivity index (χ0n) is 11.9. The highest BCUT2D eigenvalue weighted by Crippen LogP contribution is 2.17. The monoisotopic (exact) mass is 279 g/mol. The number of halogens is 1. The zero-order valence-corrected chi connectivity index (χ0v) is 11.9. The average molecular weight is 279 g/mol. The number of carbonyl (C=O) groups is 1. The maximum absolute atomic E-state index is 13.5. The second-order valence-electron chi connectivity index (χ2n) is 5.33. The Morgan fingerprint density at radius 2 is 2.10 bits per heavy atom. The van der Waals surface area contributed by atoms with Gasteiger partial charge in [0.2, 0.25) is 0 Å². The fourth-order valence-corrected chi connectivity index (χ4v) is 2.44. The Kier molecular flexibility index (Phi) is 4.95. The Morgan fingerprint density at radius 3 is 2.75 bits per heavy atom. The number of anilines is 1. The lowest BCUT2D eigenvalue weighted by molar-refractivity contribution is 0.0951. The molecule has 5 heteroatoms.